The highest BCUT2D eigenvalue weighted by molar-refractivity contribution is 5.84. The van der Waals surface area contributed by atoms with Gasteiger partial charge in [-0.25, -0.2) is 0 Å². The molecule has 0 saturated heterocycles. The summed E-state index contributed by atoms with van der Waals surface area (Å²) in [5.74, 6) is 0.798. The van der Waals surface area contributed by atoms with Gasteiger partial charge in [0.25, 0.3) is 0 Å². The Labute approximate surface area is 112 Å². The second-order valence-corrected chi connectivity index (χ2v) is 4.71. The molecule has 4 nitrogen and oxygen atoms in total. The number of benzene rings is 1. The van der Waals surface area contributed by atoms with Crippen molar-refractivity contribution in [3.63, 3.8) is 0 Å². The summed E-state index contributed by atoms with van der Waals surface area (Å²) in [6.07, 6.45) is 1.65. The average Bonchev–Trinajstić information content (AvgIpc) is 2.45. The Morgan fingerprint density at radius 1 is 1.32 bits per heavy atom. The molecule has 4 heteroatoms. The van der Waals surface area contributed by atoms with Gasteiger partial charge in [-0.3, -0.25) is 4.98 Å². The van der Waals surface area contributed by atoms with Gasteiger partial charge in [-0.15, -0.1) is 0 Å². The average molecular weight is 259 g/mol. The third-order valence-electron chi connectivity index (χ3n) is 3.46. The minimum atomic E-state index is -0.418. The van der Waals surface area contributed by atoms with E-state index >= 15 is 0 Å². The summed E-state index contributed by atoms with van der Waals surface area (Å²) in [5.41, 5.74) is 0.910. The molecule has 1 aliphatic carbocycles. The van der Waals surface area contributed by atoms with Crippen molar-refractivity contribution >= 4 is 10.9 Å². The monoisotopic (exact) mass is 259 g/mol. The lowest BCUT2D eigenvalue weighted by Crippen LogP contribution is -2.55. The molecule has 2 aromatic rings. The van der Waals surface area contributed by atoms with Gasteiger partial charge in [0.15, 0.2) is 0 Å². The molecule has 0 radical (unpaired) electrons. The van der Waals surface area contributed by atoms with Gasteiger partial charge in [0.05, 0.1) is 11.6 Å². The molecule has 3 rings (SSSR count). The number of hydrogen-bond acceptors (Lipinski definition) is 4. The molecule has 3 atom stereocenters. The van der Waals surface area contributed by atoms with Crippen LogP contribution in [0, 0.1) is 0 Å². The highest BCUT2D eigenvalue weighted by Gasteiger charge is 2.42. The number of aromatic nitrogens is 1. The minimum absolute atomic E-state index is 0.0826. The van der Waals surface area contributed by atoms with Crippen molar-refractivity contribution in [2.45, 2.75) is 31.7 Å². The predicted octanol–water partition coefficient (Wildman–Crippen LogP) is 2.15. The molecule has 1 heterocycles. The lowest BCUT2D eigenvalue weighted by atomic mass is 9.88. The molecule has 3 unspecified atom stereocenters. The summed E-state index contributed by atoms with van der Waals surface area (Å²) in [6.45, 7) is 2.50. The first-order valence-electron chi connectivity index (χ1n) is 6.59. The molecule has 0 bridgehead atoms. The van der Waals surface area contributed by atoms with E-state index in [1.54, 1.807) is 6.20 Å². The number of hydrogen-bond donors (Lipinski definition) is 1. The van der Waals surface area contributed by atoms with Crippen LogP contribution >= 0.6 is 0 Å². The molecular formula is C15H17NO3. The summed E-state index contributed by atoms with van der Waals surface area (Å²) < 4.78 is 11.5. The van der Waals surface area contributed by atoms with E-state index in [0.717, 1.165) is 16.7 Å². The van der Waals surface area contributed by atoms with E-state index in [1.165, 1.54) is 0 Å². The van der Waals surface area contributed by atoms with Crippen LogP contribution in [0.3, 0.4) is 0 Å². The van der Waals surface area contributed by atoms with Gasteiger partial charge in [-0.1, -0.05) is 6.07 Å². The largest absolute Gasteiger partial charge is 0.487 e. The number of fused-ring (bicyclic) bond motifs is 1. The lowest BCUT2D eigenvalue weighted by molar-refractivity contribution is -0.160. The Bertz CT molecular complexity index is 567. The molecule has 19 heavy (non-hydrogen) atoms. The van der Waals surface area contributed by atoms with Gasteiger partial charge in [0.2, 0.25) is 0 Å². The topological polar surface area (TPSA) is 51.6 Å². The van der Waals surface area contributed by atoms with Gasteiger partial charge in [0, 0.05) is 24.6 Å². The number of ether oxygens (including phenoxy) is 2. The SMILES string of the molecule is CCOC1C(O)CC1Oc1cccc2ncccc12. The predicted molar refractivity (Wildman–Crippen MR) is 72.2 cm³/mol. The van der Waals surface area contributed by atoms with E-state index in [2.05, 4.69) is 4.98 Å². The highest BCUT2D eigenvalue weighted by atomic mass is 16.6. The molecule has 100 valence electrons. The van der Waals surface area contributed by atoms with Crippen molar-refractivity contribution in [2.24, 2.45) is 0 Å². The summed E-state index contributed by atoms with van der Waals surface area (Å²) in [6, 6.07) is 9.69. The van der Waals surface area contributed by atoms with Crippen LogP contribution in [0.25, 0.3) is 10.9 Å². The smallest absolute Gasteiger partial charge is 0.130 e. The Kier molecular flexibility index (Phi) is 3.36. The van der Waals surface area contributed by atoms with E-state index in [9.17, 15) is 5.11 Å². The van der Waals surface area contributed by atoms with E-state index in [0.29, 0.717) is 13.0 Å². The van der Waals surface area contributed by atoms with E-state index in [4.69, 9.17) is 9.47 Å². The van der Waals surface area contributed by atoms with Gasteiger partial charge in [-0.2, -0.15) is 0 Å². The fourth-order valence-electron chi connectivity index (χ4n) is 2.43. The maximum Gasteiger partial charge on any atom is 0.130 e. The van der Waals surface area contributed by atoms with Crippen molar-refractivity contribution in [1.29, 1.82) is 0 Å². The molecule has 1 aromatic heterocycles. The number of aliphatic hydroxyl groups excluding tert-OH is 1. The number of pyridine rings is 1. The molecule has 1 N–H and O–H groups in total. The first-order chi connectivity index (χ1) is 9.29. The van der Waals surface area contributed by atoms with Crippen LogP contribution in [-0.2, 0) is 4.74 Å². The molecule has 0 aliphatic heterocycles. The second kappa shape index (κ2) is 5.15. The number of nitrogens with zero attached hydrogens (tertiary/aromatic N) is 1. The zero-order chi connectivity index (χ0) is 13.2. The standard InChI is InChI=1S/C15H17NO3/c1-2-18-15-12(17)9-14(15)19-13-7-3-6-11-10(13)5-4-8-16-11/h3-8,12,14-15,17H,2,9H2,1H3. The maximum atomic E-state index is 9.68. The molecular weight excluding hydrogens is 242 g/mol. The third-order valence-corrected chi connectivity index (χ3v) is 3.46. The van der Waals surface area contributed by atoms with Crippen molar-refractivity contribution in [1.82, 2.24) is 4.98 Å². The molecule has 1 aromatic carbocycles. The van der Waals surface area contributed by atoms with Crippen LogP contribution in [-0.4, -0.2) is 35.0 Å². The maximum absolute atomic E-state index is 9.68. The van der Waals surface area contributed by atoms with Crippen LogP contribution in [0.5, 0.6) is 5.75 Å². The van der Waals surface area contributed by atoms with Crippen molar-refractivity contribution in [3.8, 4) is 5.75 Å². The van der Waals surface area contributed by atoms with E-state index in [-0.39, 0.29) is 12.2 Å². The molecule has 1 fully saturated rings. The first kappa shape index (κ1) is 12.4. The lowest BCUT2D eigenvalue weighted by Gasteiger charge is -2.40. The van der Waals surface area contributed by atoms with Crippen molar-refractivity contribution in [3.05, 3.63) is 36.5 Å². The normalized spacial score (nSPS) is 26.1. The highest BCUT2D eigenvalue weighted by Crippen LogP contribution is 2.32. The van der Waals surface area contributed by atoms with Gasteiger partial charge >= 0.3 is 0 Å². The van der Waals surface area contributed by atoms with Gasteiger partial charge in [-0.05, 0) is 31.2 Å². The second-order valence-electron chi connectivity index (χ2n) is 4.71. The van der Waals surface area contributed by atoms with Gasteiger partial charge in [0.1, 0.15) is 18.0 Å². The van der Waals surface area contributed by atoms with Crippen LogP contribution < -0.4 is 4.74 Å². The third kappa shape index (κ3) is 2.29. The van der Waals surface area contributed by atoms with Crippen LogP contribution in [0.1, 0.15) is 13.3 Å². The van der Waals surface area contributed by atoms with Crippen molar-refractivity contribution in [2.75, 3.05) is 6.61 Å². The summed E-state index contributed by atoms with van der Waals surface area (Å²) >= 11 is 0. The fraction of sp³-hybridized carbons (Fsp3) is 0.400. The summed E-state index contributed by atoms with van der Waals surface area (Å²) in [4.78, 5) is 4.30. The number of aliphatic hydroxyl groups is 1. The Morgan fingerprint density at radius 3 is 3.00 bits per heavy atom. The Hall–Kier alpha value is -1.65. The Morgan fingerprint density at radius 2 is 2.21 bits per heavy atom. The van der Waals surface area contributed by atoms with Crippen LogP contribution in [0.15, 0.2) is 36.5 Å². The molecule has 0 amide bonds. The van der Waals surface area contributed by atoms with Crippen LogP contribution in [0.4, 0.5) is 0 Å². The van der Waals surface area contributed by atoms with Crippen molar-refractivity contribution < 1.29 is 14.6 Å². The minimum Gasteiger partial charge on any atom is -0.487 e. The molecule has 0 spiro atoms. The fourth-order valence-corrected chi connectivity index (χ4v) is 2.43. The van der Waals surface area contributed by atoms with Gasteiger partial charge < -0.3 is 14.6 Å². The van der Waals surface area contributed by atoms with E-state index in [1.807, 2.05) is 37.3 Å². The van der Waals surface area contributed by atoms with Crippen LogP contribution in [0.2, 0.25) is 0 Å². The molecule has 1 aliphatic rings. The quantitative estimate of drug-likeness (QED) is 0.914. The zero-order valence-corrected chi connectivity index (χ0v) is 10.8. The molecule has 1 saturated carbocycles. The number of rotatable bonds is 4. The Balaban J connectivity index is 1.82. The first-order valence-corrected chi connectivity index (χ1v) is 6.59. The summed E-state index contributed by atoms with van der Waals surface area (Å²) in [7, 11) is 0. The van der Waals surface area contributed by atoms with E-state index < -0.39 is 6.10 Å². The zero-order valence-electron chi connectivity index (χ0n) is 10.8. The summed E-state index contributed by atoms with van der Waals surface area (Å²) in [5, 5.41) is 10.7.